The van der Waals surface area contributed by atoms with Crippen LogP contribution < -0.4 is 4.90 Å². The molecule has 4 atom stereocenters. The van der Waals surface area contributed by atoms with Crippen molar-refractivity contribution < 1.29 is 9.59 Å². The number of benzene rings is 1. The van der Waals surface area contributed by atoms with Crippen LogP contribution in [-0.2, 0) is 9.59 Å². The van der Waals surface area contributed by atoms with Crippen molar-refractivity contribution in [2.24, 2.45) is 23.7 Å². The lowest BCUT2D eigenvalue weighted by Gasteiger charge is -2.34. The van der Waals surface area contributed by atoms with Crippen LogP contribution in [0.15, 0.2) is 35.4 Å². The zero-order valence-corrected chi connectivity index (χ0v) is 14.3. The Morgan fingerprint density at radius 2 is 1.50 bits per heavy atom. The fourth-order valence-electron chi connectivity index (χ4n) is 5.76. The molecule has 24 heavy (non-hydrogen) atoms. The Morgan fingerprint density at radius 3 is 2.04 bits per heavy atom. The highest BCUT2D eigenvalue weighted by molar-refractivity contribution is 6.31. The van der Waals surface area contributed by atoms with E-state index in [9.17, 15) is 9.59 Å². The fourth-order valence-corrected chi connectivity index (χ4v) is 5.95. The number of fused-ring (bicyclic) bond motifs is 5. The molecule has 5 rings (SSSR count). The van der Waals surface area contributed by atoms with E-state index in [0.717, 1.165) is 38.5 Å². The van der Waals surface area contributed by atoms with Gasteiger partial charge < -0.3 is 0 Å². The van der Waals surface area contributed by atoms with Gasteiger partial charge in [0, 0.05) is 5.02 Å². The molecule has 0 N–H and O–H groups in total. The van der Waals surface area contributed by atoms with Gasteiger partial charge in [0.1, 0.15) is 0 Å². The van der Waals surface area contributed by atoms with Crippen LogP contribution in [0.3, 0.4) is 0 Å². The molecule has 0 bridgehead atoms. The lowest BCUT2D eigenvalue weighted by atomic mass is 9.66. The van der Waals surface area contributed by atoms with Crippen LogP contribution in [0.2, 0.25) is 5.02 Å². The molecule has 3 fully saturated rings. The fraction of sp³-hybridized carbons (Fsp3) is 0.500. The first kappa shape index (κ1) is 14.7. The summed E-state index contributed by atoms with van der Waals surface area (Å²) in [6.07, 6.45) is 6.73. The van der Waals surface area contributed by atoms with Crippen LogP contribution in [0.25, 0.3) is 0 Å². The van der Waals surface area contributed by atoms with Crippen molar-refractivity contribution in [3.63, 3.8) is 0 Å². The molecular formula is C20H20ClNO2. The van der Waals surface area contributed by atoms with Crippen molar-refractivity contribution in [1.29, 1.82) is 0 Å². The summed E-state index contributed by atoms with van der Waals surface area (Å²) in [5.74, 6) is 0.340. The van der Waals surface area contributed by atoms with Crippen molar-refractivity contribution in [3.05, 3.63) is 40.4 Å². The van der Waals surface area contributed by atoms with E-state index < -0.39 is 0 Å². The minimum absolute atomic E-state index is 0.00242. The molecule has 1 saturated heterocycles. The molecule has 1 aromatic carbocycles. The van der Waals surface area contributed by atoms with Crippen LogP contribution in [-0.4, -0.2) is 11.8 Å². The first-order valence-electron chi connectivity index (χ1n) is 9.02. The van der Waals surface area contributed by atoms with Gasteiger partial charge in [-0.05, 0) is 68.6 Å². The molecule has 124 valence electrons. The summed E-state index contributed by atoms with van der Waals surface area (Å²) in [5.41, 5.74) is 3.70. The summed E-state index contributed by atoms with van der Waals surface area (Å²) in [6.45, 7) is 0. The zero-order valence-electron chi connectivity index (χ0n) is 13.5. The second kappa shape index (κ2) is 5.19. The Labute approximate surface area is 146 Å². The number of carbonyl (C=O) groups excluding carboxylic acids is 2. The van der Waals surface area contributed by atoms with Crippen LogP contribution in [0, 0.1) is 23.7 Å². The van der Waals surface area contributed by atoms with E-state index in [0.29, 0.717) is 22.5 Å². The molecule has 0 radical (unpaired) electrons. The highest BCUT2D eigenvalue weighted by Crippen LogP contribution is 2.57. The summed E-state index contributed by atoms with van der Waals surface area (Å²) >= 11 is 6.09. The number of nitrogens with zero attached hydrogens (tertiary/aromatic N) is 1. The Morgan fingerprint density at radius 1 is 0.917 bits per heavy atom. The molecule has 2 saturated carbocycles. The van der Waals surface area contributed by atoms with Crippen molar-refractivity contribution >= 4 is 29.1 Å². The van der Waals surface area contributed by atoms with E-state index in [1.165, 1.54) is 16.0 Å². The number of carbonyl (C=O) groups is 2. The quantitative estimate of drug-likeness (QED) is 0.562. The molecule has 4 heteroatoms. The summed E-state index contributed by atoms with van der Waals surface area (Å²) in [6, 6.07) is 7.13. The number of imide groups is 1. The Balaban J connectivity index is 1.61. The molecule has 0 aromatic heterocycles. The normalized spacial score (nSPS) is 34.6. The number of anilines is 1. The number of halogens is 1. The van der Waals surface area contributed by atoms with Gasteiger partial charge in [0.15, 0.2) is 0 Å². The van der Waals surface area contributed by atoms with Crippen LogP contribution in [0.4, 0.5) is 5.69 Å². The second-order valence-electron chi connectivity index (χ2n) is 7.59. The average molecular weight is 342 g/mol. The Hall–Kier alpha value is -1.61. The largest absolute Gasteiger partial charge is 0.274 e. The Kier molecular flexibility index (Phi) is 3.18. The maximum Gasteiger partial charge on any atom is 0.238 e. The summed E-state index contributed by atoms with van der Waals surface area (Å²) < 4.78 is 0. The third-order valence-corrected chi connectivity index (χ3v) is 6.80. The molecule has 4 aliphatic rings. The van der Waals surface area contributed by atoms with E-state index in [-0.39, 0.29) is 23.7 Å². The van der Waals surface area contributed by atoms with Gasteiger partial charge in [-0.25, -0.2) is 4.90 Å². The van der Waals surface area contributed by atoms with Crippen LogP contribution in [0.5, 0.6) is 0 Å². The Bertz CT molecular complexity index is 742. The lowest BCUT2D eigenvalue weighted by molar-refractivity contribution is -0.122. The van der Waals surface area contributed by atoms with Crippen molar-refractivity contribution in [2.45, 2.75) is 38.5 Å². The number of allylic oxidation sites excluding steroid dienone is 2. The summed E-state index contributed by atoms with van der Waals surface area (Å²) in [4.78, 5) is 27.9. The molecule has 2 amide bonds. The van der Waals surface area contributed by atoms with Gasteiger partial charge in [-0.3, -0.25) is 9.59 Å². The number of hydrogen-bond acceptors (Lipinski definition) is 2. The van der Waals surface area contributed by atoms with E-state index in [4.69, 9.17) is 11.6 Å². The molecule has 1 heterocycles. The monoisotopic (exact) mass is 341 g/mol. The molecule has 1 aromatic rings. The predicted octanol–water partition coefficient (Wildman–Crippen LogP) is 4.36. The van der Waals surface area contributed by atoms with Crippen molar-refractivity contribution in [2.75, 3.05) is 4.90 Å². The van der Waals surface area contributed by atoms with Gasteiger partial charge in [-0.2, -0.15) is 0 Å². The van der Waals surface area contributed by atoms with Gasteiger partial charge in [-0.15, -0.1) is 0 Å². The van der Waals surface area contributed by atoms with Crippen molar-refractivity contribution in [3.8, 4) is 0 Å². The third-order valence-electron chi connectivity index (χ3n) is 6.56. The number of amides is 2. The summed E-state index contributed by atoms with van der Waals surface area (Å²) in [5, 5.41) is 0.559. The first-order chi connectivity index (χ1) is 11.7. The summed E-state index contributed by atoms with van der Waals surface area (Å²) in [7, 11) is 0. The number of hydrogen-bond donors (Lipinski definition) is 0. The smallest absolute Gasteiger partial charge is 0.238 e. The predicted molar refractivity (Wildman–Crippen MR) is 92.6 cm³/mol. The minimum Gasteiger partial charge on any atom is -0.274 e. The van der Waals surface area contributed by atoms with Crippen LogP contribution in [0.1, 0.15) is 38.5 Å². The lowest BCUT2D eigenvalue weighted by Crippen LogP contribution is -2.35. The van der Waals surface area contributed by atoms with Gasteiger partial charge in [0.2, 0.25) is 11.8 Å². The van der Waals surface area contributed by atoms with Gasteiger partial charge in [0.05, 0.1) is 17.5 Å². The van der Waals surface area contributed by atoms with Gasteiger partial charge >= 0.3 is 0 Å². The average Bonchev–Trinajstić information content (AvgIpc) is 3.25. The molecule has 0 spiro atoms. The van der Waals surface area contributed by atoms with Gasteiger partial charge in [0.25, 0.3) is 0 Å². The van der Waals surface area contributed by atoms with Crippen LogP contribution >= 0.6 is 11.6 Å². The molecule has 0 unspecified atom stereocenters. The zero-order chi connectivity index (χ0) is 16.4. The topological polar surface area (TPSA) is 37.4 Å². The molecular weight excluding hydrogens is 322 g/mol. The first-order valence-corrected chi connectivity index (χ1v) is 9.40. The highest BCUT2D eigenvalue weighted by Gasteiger charge is 2.59. The second-order valence-corrected chi connectivity index (χ2v) is 8.03. The van der Waals surface area contributed by atoms with E-state index in [2.05, 4.69) is 0 Å². The van der Waals surface area contributed by atoms with E-state index in [1.807, 2.05) is 6.07 Å². The maximum absolute atomic E-state index is 13.2. The highest BCUT2D eigenvalue weighted by atomic mass is 35.5. The standard InChI is InChI=1S/C20H20ClNO2/c21-11-4-1-5-12(10-11)22-19(23)17-15-8-2-6-13(15)14-7-3-9-16(14)18(17)20(22)24/h1,4-5,10,15-18H,2-3,6-9H2/t15-,16+,17-,18-/m0/s1. The van der Waals surface area contributed by atoms with Gasteiger partial charge in [-0.1, -0.05) is 28.8 Å². The maximum atomic E-state index is 13.2. The molecule has 1 aliphatic heterocycles. The van der Waals surface area contributed by atoms with E-state index >= 15 is 0 Å². The van der Waals surface area contributed by atoms with E-state index in [1.54, 1.807) is 18.2 Å². The number of rotatable bonds is 1. The third kappa shape index (κ3) is 1.85. The minimum atomic E-state index is -0.138. The molecule has 3 nitrogen and oxygen atoms in total. The SMILES string of the molecule is O=C1[C@@H]2[C@@H](C(=O)N1c1cccc(Cl)c1)[C@H]1CCCC1=C1CCC[C@H]12. The van der Waals surface area contributed by atoms with Crippen molar-refractivity contribution in [1.82, 2.24) is 0 Å². The molecule has 3 aliphatic carbocycles.